The van der Waals surface area contributed by atoms with Gasteiger partial charge in [0, 0.05) is 5.69 Å². The smallest absolute Gasteiger partial charge is 0.339 e. The Kier molecular flexibility index (Phi) is 7.71. The van der Waals surface area contributed by atoms with Crippen molar-refractivity contribution in [2.75, 3.05) is 25.6 Å². The Labute approximate surface area is 197 Å². The zero-order valence-electron chi connectivity index (χ0n) is 17.2. The van der Waals surface area contributed by atoms with Gasteiger partial charge in [0.2, 0.25) is 5.91 Å². The molecule has 0 atom stereocenters. The molecule has 0 radical (unpaired) electrons. The fraction of sp³-hybridized carbons (Fsp3) is 0.136. The summed E-state index contributed by atoms with van der Waals surface area (Å²) in [5.74, 6) is -1.40. The van der Waals surface area contributed by atoms with Crippen LogP contribution in [0.1, 0.15) is 15.9 Å². The Morgan fingerprint density at radius 3 is 2.61 bits per heavy atom. The number of hydrogen-bond donors (Lipinski definition) is 1. The van der Waals surface area contributed by atoms with Gasteiger partial charge in [0.25, 0.3) is 11.1 Å². The second kappa shape index (κ2) is 10.7. The average Bonchev–Trinajstić information content (AvgIpc) is 3.06. The molecule has 1 saturated heterocycles. The Hall–Kier alpha value is -3.81. The average molecular weight is 486 g/mol. The van der Waals surface area contributed by atoms with Crippen LogP contribution in [0.25, 0.3) is 6.08 Å². The predicted molar refractivity (Wildman–Crippen MR) is 122 cm³/mol. The van der Waals surface area contributed by atoms with Gasteiger partial charge >= 0.3 is 5.97 Å². The molecule has 2 aromatic carbocycles. The Morgan fingerprint density at radius 1 is 1.21 bits per heavy atom. The lowest BCUT2D eigenvalue weighted by Crippen LogP contribution is -2.36. The van der Waals surface area contributed by atoms with Gasteiger partial charge < -0.3 is 14.8 Å². The lowest BCUT2D eigenvalue weighted by Gasteiger charge is -2.13. The van der Waals surface area contributed by atoms with Crippen molar-refractivity contribution in [2.24, 2.45) is 0 Å². The summed E-state index contributed by atoms with van der Waals surface area (Å²) in [5, 5.41) is 10.6. The highest BCUT2D eigenvalue weighted by molar-refractivity contribution is 8.18. The number of imide groups is 1. The Balaban J connectivity index is 1.66. The van der Waals surface area contributed by atoms with Gasteiger partial charge in [-0.05, 0) is 53.7 Å². The van der Waals surface area contributed by atoms with E-state index in [1.807, 2.05) is 6.07 Å². The Bertz CT molecular complexity index is 1190. The molecule has 33 heavy (non-hydrogen) atoms. The van der Waals surface area contributed by atoms with E-state index in [2.05, 4.69) is 10.1 Å². The number of carbonyl (C=O) groups excluding carboxylic acids is 4. The van der Waals surface area contributed by atoms with Crippen molar-refractivity contribution in [1.82, 2.24) is 4.90 Å². The summed E-state index contributed by atoms with van der Waals surface area (Å²) in [6, 6.07) is 12.7. The minimum atomic E-state index is -0.670. The number of halogens is 1. The molecule has 1 aliphatic heterocycles. The fourth-order valence-electron chi connectivity index (χ4n) is 2.78. The maximum absolute atomic E-state index is 12.6. The number of amides is 3. The van der Waals surface area contributed by atoms with Gasteiger partial charge in [0.15, 0.2) is 6.61 Å². The molecule has 0 bridgehead atoms. The number of nitrogens with one attached hydrogen (secondary N) is 1. The summed E-state index contributed by atoms with van der Waals surface area (Å²) >= 11 is 6.68. The quantitative estimate of drug-likeness (QED) is 0.464. The van der Waals surface area contributed by atoms with Crippen molar-refractivity contribution in [3.05, 3.63) is 63.5 Å². The molecule has 3 rings (SSSR count). The van der Waals surface area contributed by atoms with Crippen LogP contribution in [-0.2, 0) is 14.3 Å². The van der Waals surface area contributed by atoms with Crippen LogP contribution in [0.2, 0.25) is 5.02 Å². The van der Waals surface area contributed by atoms with Gasteiger partial charge in [-0.3, -0.25) is 19.3 Å². The highest BCUT2D eigenvalue weighted by atomic mass is 35.5. The topological polar surface area (TPSA) is 126 Å². The zero-order valence-corrected chi connectivity index (χ0v) is 18.7. The summed E-state index contributed by atoms with van der Waals surface area (Å²) in [5.41, 5.74) is 0.965. The van der Waals surface area contributed by atoms with Crippen molar-refractivity contribution in [1.29, 1.82) is 5.26 Å². The SMILES string of the molecule is COC(=O)c1cc(NC(=O)CN2C(=O)S/C(=C\c3ccc(OCC#N)cc3)C2=O)ccc1Cl. The molecule has 0 aromatic heterocycles. The second-order valence-electron chi connectivity index (χ2n) is 6.52. The van der Waals surface area contributed by atoms with Gasteiger partial charge in [-0.2, -0.15) is 5.26 Å². The summed E-state index contributed by atoms with van der Waals surface area (Å²) in [6.07, 6.45) is 1.53. The zero-order chi connectivity index (χ0) is 24.0. The van der Waals surface area contributed by atoms with E-state index in [4.69, 9.17) is 21.6 Å². The van der Waals surface area contributed by atoms with E-state index < -0.39 is 29.6 Å². The van der Waals surface area contributed by atoms with Crippen LogP contribution < -0.4 is 10.1 Å². The van der Waals surface area contributed by atoms with E-state index in [1.54, 1.807) is 24.3 Å². The molecule has 1 N–H and O–H groups in total. The maximum Gasteiger partial charge on any atom is 0.339 e. The highest BCUT2D eigenvalue weighted by Crippen LogP contribution is 2.32. The van der Waals surface area contributed by atoms with E-state index in [1.165, 1.54) is 31.4 Å². The largest absolute Gasteiger partial charge is 0.479 e. The molecule has 0 unspecified atom stereocenters. The molecule has 11 heteroatoms. The number of hydrogen-bond acceptors (Lipinski definition) is 8. The fourth-order valence-corrected chi connectivity index (χ4v) is 3.81. The van der Waals surface area contributed by atoms with Crippen LogP contribution in [-0.4, -0.2) is 48.2 Å². The third kappa shape index (κ3) is 5.91. The third-order valence-corrected chi connectivity index (χ3v) is 5.55. The van der Waals surface area contributed by atoms with Crippen molar-refractivity contribution in [2.45, 2.75) is 0 Å². The molecular formula is C22H16ClN3O6S. The van der Waals surface area contributed by atoms with Crippen LogP contribution in [0.3, 0.4) is 0 Å². The Morgan fingerprint density at radius 2 is 1.94 bits per heavy atom. The number of nitrogens with zero attached hydrogens (tertiary/aromatic N) is 2. The first kappa shape index (κ1) is 23.8. The number of nitriles is 1. The number of rotatable bonds is 7. The van der Waals surface area contributed by atoms with E-state index in [0.29, 0.717) is 11.3 Å². The monoisotopic (exact) mass is 485 g/mol. The summed E-state index contributed by atoms with van der Waals surface area (Å²) in [7, 11) is 1.20. The first-order valence-corrected chi connectivity index (χ1v) is 10.5. The molecule has 0 aliphatic carbocycles. The summed E-state index contributed by atoms with van der Waals surface area (Å²) in [4.78, 5) is 50.1. The standard InChI is InChI=1S/C22H16ClN3O6S/c1-31-21(29)16-11-14(4-7-17(16)23)25-19(27)12-26-20(28)18(33-22(26)30)10-13-2-5-15(6-3-13)32-9-8-24/h2-7,10-11H,9,12H2,1H3,(H,25,27)/b18-10-. The minimum absolute atomic E-state index is 0.0649. The van der Waals surface area contributed by atoms with Crippen LogP contribution >= 0.6 is 23.4 Å². The molecule has 1 aliphatic rings. The number of methoxy groups -OCH3 is 1. The lowest BCUT2D eigenvalue weighted by atomic mass is 10.2. The van der Waals surface area contributed by atoms with Gasteiger partial charge in [-0.25, -0.2) is 4.79 Å². The van der Waals surface area contributed by atoms with Crippen LogP contribution in [0, 0.1) is 11.3 Å². The third-order valence-electron chi connectivity index (χ3n) is 4.31. The molecule has 1 heterocycles. The second-order valence-corrected chi connectivity index (χ2v) is 7.92. The first-order valence-electron chi connectivity index (χ1n) is 9.35. The first-order chi connectivity index (χ1) is 15.8. The molecule has 168 valence electrons. The van der Waals surface area contributed by atoms with Gasteiger partial charge in [-0.15, -0.1) is 0 Å². The summed E-state index contributed by atoms with van der Waals surface area (Å²) in [6.45, 7) is -0.584. The van der Waals surface area contributed by atoms with Crippen molar-refractivity contribution >= 4 is 58.1 Å². The van der Waals surface area contributed by atoms with Crippen molar-refractivity contribution < 1.29 is 28.7 Å². The van der Waals surface area contributed by atoms with Gasteiger partial charge in [-0.1, -0.05) is 23.7 Å². The van der Waals surface area contributed by atoms with E-state index >= 15 is 0 Å². The number of anilines is 1. The maximum atomic E-state index is 12.6. The predicted octanol–water partition coefficient (Wildman–Crippen LogP) is 3.70. The van der Waals surface area contributed by atoms with E-state index in [0.717, 1.165) is 16.7 Å². The van der Waals surface area contributed by atoms with Crippen molar-refractivity contribution in [3.63, 3.8) is 0 Å². The number of benzene rings is 2. The van der Waals surface area contributed by atoms with Crippen LogP contribution in [0.5, 0.6) is 5.75 Å². The number of carbonyl (C=O) groups is 4. The van der Waals surface area contributed by atoms with Gasteiger partial charge in [0.05, 0.1) is 22.6 Å². The van der Waals surface area contributed by atoms with Crippen molar-refractivity contribution in [3.8, 4) is 11.8 Å². The molecule has 9 nitrogen and oxygen atoms in total. The summed E-state index contributed by atoms with van der Waals surface area (Å²) < 4.78 is 9.80. The van der Waals surface area contributed by atoms with E-state index in [9.17, 15) is 19.2 Å². The highest BCUT2D eigenvalue weighted by Gasteiger charge is 2.36. The van der Waals surface area contributed by atoms with Crippen LogP contribution in [0.4, 0.5) is 10.5 Å². The minimum Gasteiger partial charge on any atom is -0.479 e. The molecule has 0 saturated carbocycles. The van der Waals surface area contributed by atoms with Crippen LogP contribution in [0.15, 0.2) is 47.4 Å². The number of ether oxygens (including phenoxy) is 2. The lowest BCUT2D eigenvalue weighted by molar-refractivity contribution is -0.127. The number of thioether (sulfide) groups is 1. The molecule has 0 spiro atoms. The molecule has 2 aromatic rings. The molecular weight excluding hydrogens is 470 g/mol. The van der Waals surface area contributed by atoms with E-state index in [-0.39, 0.29) is 27.8 Å². The normalized spacial score (nSPS) is 14.2. The molecule has 1 fully saturated rings. The van der Waals surface area contributed by atoms with Gasteiger partial charge in [0.1, 0.15) is 18.4 Å². The number of esters is 1. The molecule has 3 amide bonds.